The lowest BCUT2D eigenvalue weighted by molar-refractivity contribution is -0.383. The zero-order chi connectivity index (χ0) is 14.7. The lowest BCUT2D eigenvalue weighted by atomic mass is 10.1. The van der Waals surface area contributed by atoms with Gasteiger partial charge in [-0.3, -0.25) is 14.9 Å². The Labute approximate surface area is 112 Å². The Morgan fingerprint density at radius 3 is 2.90 bits per heavy atom. The zero-order valence-corrected chi connectivity index (χ0v) is 10.4. The highest BCUT2D eigenvalue weighted by Crippen LogP contribution is 2.22. The summed E-state index contributed by atoms with van der Waals surface area (Å²) in [6.07, 6.45) is 0. The summed E-state index contributed by atoms with van der Waals surface area (Å²) in [4.78, 5) is 22.1. The van der Waals surface area contributed by atoms with E-state index in [4.69, 9.17) is 5.73 Å². The van der Waals surface area contributed by atoms with Gasteiger partial charge in [-0.2, -0.15) is 5.21 Å². The third-order valence-electron chi connectivity index (χ3n) is 2.59. The molecule has 0 saturated heterocycles. The number of hydrogen-bond acceptors (Lipinski definition) is 7. The first kappa shape index (κ1) is 13.4. The summed E-state index contributed by atoms with van der Waals surface area (Å²) in [5.41, 5.74) is 5.27. The number of nitro benzene ring substituents is 1. The second-order valence-electron chi connectivity index (χ2n) is 4.00. The van der Waals surface area contributed by atoms with E-state index in [9.17, 15) is 14.9 Å². The van der Waals surface area contributed by atoms with Crippen LogP contribution in [0.4, 0.5) is 11.4 Å². The number of nitro groups is 1. The van der Waals surface area contributed by atoms with Crippen LogP contribution in [-0.2, 0) is 0 Å². The van der Waals surface area contributed by atoms with Crippen LogP contribution in [0.5, 0.6) is 0 Å². The van der Waals surface area contributed by atoms with Crippen molar-refractivity contribution in [3.05, 3.63) is 39.7 Å². The monoisotopic (exact) mass is 277 g/mol. The van der Waals surface area contributed by atoms with Crippen LogP contribution in [0, 0.1) is 10.1 Å². The number of carbonyl (C=O) groups is 1. The Morgan fingerprint density at radius 2 is 2.30 bits per heavy atom. The van der Waals surface area contributed by atoms with Crippen LogP contribution in [-0.4, -0.2) is 31.5 Å². The number of nitrogens with two attached hydrogens (primary N) is 1. The molecule has 0 aliphatic carbocycles. The first-order chi connectivity index (χ1) is 9.49. The highest BCUT2D eigenvalue weighted by Gasteiger charge is 2.18. The topological polar surface area (TPSA) is 153 Å². The molecule has 0 aliphatic rings. The van der Waals surface area contributed by atoms with E-state index in [1.807, 2.05) is 0 Å². The van der Waals surface area contributed by atoms with Gasteiger partial charge in [-0.1, -0.05) is 5.21 Å². The molecule has 104 valence electrons. The summed E-state index contributed by atoms with van der Waals surface area (Å²) in [5.74, 6) is -0.186. The second-order valence-corrected chi connectivity index (χ2v) is 4.00. The fraction of sp³-hybridized carbons (Fsp3) is 0.200. The molecule has 1 aromatic heterocycles. The van der Waals surface area contributed by atoms with Crippen molar-refractivity contribution >= 4 is 17.3 Å². The summed E-state index contributed by atoms with van der Waals surface area (Å²) >= 11 is 0. The average molecular weight is 277 g/mol. The number of nitrogen functional groups attached to an aromatic ring is 1. The molecule has 0 radical (unpaired) electrons. The third kappa shape index (κ3) is 2.68. The number of nitrogens with zero attached hydrogens (tertiary/aromatic N) is 4. The van der Waals surface area contributed by atoms with Crippen molar-refractivity contribution in [2.45, 2.75) is 13.0 Å². The van der Waals surface area contributed by atoms with Gasteiger partial charge in [-0.25, -0.2) is 0 Å². The van der Waals surface area contributed by atoms with Crippen molar-refractivity contribution in [1.29, 1.82) is 0 Å². The van der Waals surface area contributed by atoms with Crippen LogP contribution in [0.2, 0.25) is 0 Å². The Morgan fingerprint density at radius 1 is 1.55 bits per heavy atom. The van der Waals surface area contributed by atoms with E-state index in [2.05, 4.69) is 25.9 Å². The molecule has 2 rings (SSSR count). The van der Waals surface area contributed by atoms with Crippen LogP contribution >= 0.6 is 0 Å². The number of aromatic nitrogens is 4. The van der Waals surface area contributed by atoms with Crippen molar-refractivity contribution in [2.75, 3.05) is 5.73 Å². The minimum absolute atomic E-state index is 0.00207. The number of H-pyrrole nitrogens is 1. The van der Waals surface area contributed by atoms with E-state index >= 15 is 0 Å². The van der Waals surface area contributed by atoms with Crippen LogP contribution in [0.1, 0.15) is 29.1 Å². The Kier molecular flexibility index (Phi) is 3.55. The average Bonchev–Trinajstić information content (AvgIpc) is 2.92. The Balaban J connectivity index is 2.17. The van der Waals surface area contributed by atoms with Gasteiger partial charge in [0.2, 0.25) is 0 Å². The number of anilines is 1. The number of carbonyl (C=O) groups excluding carboxylic acids is 1. The smallest absolute Gasteiger partial charge is 0.292 e. The fourth-order valence-electron chi connectivity index (χ4n) is 1.54. The second kappa shape index (κ2) is 5.30. The van der Waals surface area contributed by atoms with Crippen LogP contribution in [0.15, 0.2) is 18.2 Å². The van der Waals surface area contributed by atoms with Crippen molar-refractivity contribution in [3.63, 3.8) is 0 Å². The molecule has 10 heteroatoms. The van der Waals surface area contributed by atoms with Crippen molar-refractivity contribution in [1.82, 2.24) is 25.9 Å². The first-order valence-electron chi connectivity index (χ1n) is 5.57. The molecule has 1 heterocycles. The van der Waals surface area contributed by atoms with Gasteiger partial charge in [0, 0.05) is 11.6 Å². The first-order valence-corrected chi connectivity index (χ1v) is 5.57. The molecule has 1 atom stereocenters. The molecule has 2 aromatic rings. The molecule has 0 aliphatic heterocycles. The van der Waals surface area contributed by atoms with Gasteiger partial charge in [0.1, 0.15) is 5.69 Å². The quantitative estimate of drug-likeness (QED) is 0.409. The van der Waals surface area contributed by atoms with Crippen LogP contribution in [0.25, 0.3) is 0 Å². The Bertz CT molecular complexity index is 640. The maximum absolute atomic E-state index is 12.0. The van der Waals surface area contributed by atoms with Gasteiger partial charge < -0.3 is 11.1 Å². The normalized spacial score (nSPS) is 11.8. The number of benzene rings is 1. The summed E-state index contributed by atoms with van der Waals surface area (Å²) in [6, 6.07) is 3.35. The predicted octanol–water partition coefficient (Wildman–Crippen LogP) is 0.181. The number of hydrogen-bond donors (Lipinski definition) is 3. The SMILES string of the molecule is CC(NC(=O)c1ccc(N)c([N+](=O)[O-])c1)c1nn[nH]n1. The number of aromatic amines is 1. The van der Waals surface area contributed by atoms with Crippen molar-refractivity contribution in [2.24, 2.45) is 0 Å². The van der Waals surface area contributed by atoms with E-state index in [1.54, 1.807) is 6.92 Å². The highest BCUT2D eigenvalue weighted by molar-refractivity contribution is 5.95. The molecule has 0 saturated carbocycles. The maximum atomic E-state index is 12.0. The fourth-order valence-corrected chi connectivity index (χ4v) is 1.54. The van der Waals surface area contributed by atoms with Gasteiger partial charge in [-0.05, 0) is 19.1 Å². The van der Waals surface area contributed by atoms with Gasteiger partial charge in [0.15, 0.2) is 5.82 Å². The largest absolute Gasteiger partial charge is 0.393 e. The van der Waals surface area contributed by atoms with E-state index < -0.39 is 16.9 Å². The molecule has 1 aromatic carbocycles. The highest BCUT2D eigenvalue weighted by atomic mass is 16.6. The summed E-state index contributed by atoms with van der Waals surface area (Å²) in [5, 5.41) is 26.5. The van der Waals surface area contributed by atoms with Crippen LogP contribution < -0.4 is 11.1 Å². The van der Waals surface area contributed by atoms with E-state index in [0.29, 0.717) is 5.82 Å². The molecular weight excluding hydrogens is 266 g/mol. The van der Waals surface area contributed by atoms with Gasteiger partial charge >= 0.3 is 0 Å². The lowest BCUT2D eigenvalue weighted by Crippen LogP contribution is -2.27. The van der Waals surface area contributed by atoms with E-state index in [-0.39, 0.29) is 16.9 Å². The molecule has 1 unspecified atom stereocenters. The Hall–Kier alpha value is -3.04. The maximum Gasteiger partial charge on any atom is 0.292 e. The summed E-state index contributed by atoms with van der Waals surface area (Å²) in [7, 11) is 0. The van der Waals surface area contributed by atoms with Crippen molar-refractivity contribution in [3.8, 4) is 0 Å². The van der Waals surface area contributed by atoms with Gasteiger partial charge in [0.25, 0.3) is 11.6 Å². The van der Waals surface area contributed by atoms with Gasteiger partial charge in [0.05, 0.1) is 11.0 Å². The molecule has 0 bridgehead atoms. The molecule has 0 fully saturated rings. The van der Waals surface area contributed by atoms with E-state index in [1.165, 1.54) is 12.1 Å². The molecular formula is C10H11N7O3. The molecule has 1 amide bonds. The number of amides is 1. The number of nitrogens with one attached hydrogen (secondary N) is 2. The molecule has 10 nitrogen and oxygen atoms in total. The predicted molar refractivity (Wildman–Crippen MR) is 67.6 cm³/mol. The van der Waals surface area contributed by atoms with Gasteiger partial charge in [-0.15, -0.1) is 10.2 Å². The van der Waals surface area contributed by atoms with Crippen LogP contribution in [0.3, 0.4) is 0 Å². The molecule has 0 spiro atoms. The third-order valence-corrected chi connectivity index (χ3v) is 2.59. The van der Waals surface area contributed by atoms with E-state index in [0.717, 1.165) is 6.07 Å². The summed E-state index contributed by atoms with van der Waals surface area (Å²) < 4.78 is 0. The minimum Gasteiger partial charge on any atom is -0.393 e. The number of tetrazole rings is 1. The summed E-state index contributed by atoms with van der Waals surface area (Å²) in [6.45, 7) is 1.66. The van der Waals surface area contributed by atoms with Crippen molar-refractivity contribution < 1.29 is 9.72 Å². The lowest BCUT2D eigenvalue weighted by Gasteiger charge is -2.10. The molecule has 4 N–H and O–H groups in total. The zero-order valence-electron chi connectivity index (χ0n) is 10.4. The molecule has 20 heavy (non-hydrogen) atoms. The number of rotatable bonds is 4. The standard InChI is InChI=1S/C10H11N7O3/c1-5(9-13-15-16-14-9)12-10(18)6-2-3-7(11)8(4-6)17(19)20/h2-5H,11H2,1H3,(H,12,18)(H,13,14,15,16). The minimum atomic E-state index is -0.644.